The van der Waals surface area contributed by atoms with Crippen molar-refractivity contribution in [3.8, 4) is 0 Å². The number of hydrogen-bond acceptors (Lipinski definition) is 6. The molecular formula is C24H43N3O5S. The predicted molar refractivity (Wildman–Crippen MR) is 128 cm³/mol. The van der Waals surface area contributed by atoms with Crippen LogP contribution in [0.15, 0.2) is 0 Å². The zero-order valence-electron chi connectivity index (χ0n) is 20.7. The number of aliphatic hydroxyl groups is 1. The van der Waals surface area contributed by atoms with Crippen LogP contribution in [0.2, 0.25) is 0 Å². The first-order chi connectivity index (χ1) is 15.4. The van der Waals surface area contributed by atoms with Gasteiger partial charge in [0.15, 0.2) is 9.84 Å². The van der Waals surface area contributed by atoms with Gasteiger partial charge in [0, 0.05) is 18.6 Å². The van der Waals surface area contributed by atoms with Crippen molar-refractivity contribution < 1.29 is 23.1 Å². The number of nitrogens with one attached hydrogen (secondary N) is 2. The second-order valence-corrected chi connectivity index (χ2v) is 13.7. The molecule has 0 aromatic heterocycles. The average Bonchev–Trinajstić information content (AvgIpc) is 3.09. The lowest BCUT2D eigenvalue weighted by Gasteiger charge is -2.47. The number of carbonyl (C=O) groups excluding carboxylic acids is 2. The number of amides is 2. The van der Waals surface area contributed by atoms with Crippen molar-refractivity contribution in [1.82, 2.24) is 15.5 Å². The summed E-state index contributed by atoms with van der Waals surface area (Å²) in [5.74, 6) is 0.194. The maximum atomic E-state index is 13.2. The first-order valence-corrected chi connectivity index (χ1v) is 14.5. The van der Waals surface area contributed by atoms with Crippen molar-refractivity contribution in [2.45, 2.75) is 96.4 Å². The molecule has 3 aliphatic rings. The highest BCUT2D eigenvalue weighted by atomic mass is 32.2. The van der Waals surface area contributed by atoms with Gasteiger partial charge in [0.1, 0.15) is 0 Å². The first-order valence-electron chi connectivity index (χ1n) is 12.6. The van der Waals surface area contributed by atoms with E-state index in [0.29, 0.717) is 31.2 Å². The Bertz CT molecular complexity index is 809. The Morgan fingerprint density at radius 2 is 1.76 bits per heavy atom. The third-order valence-electron chi connectivity index (χ3n) is 7.56. The summed E-state index contributed by atoms with van der Waals surface area (Å²) >= 11 is 0. The number of hydrogen-bond donors (Lipinski definition) is 3. The Balaban J connectivity index is 1.67. The molecule has 0 spiro atoms. The van der Waals surface area contributed by atoms with Gasteiger partial charge in [0.25, 0.3) is 0 Å². The third kappa shape index (κ3) is 7.15. The minimum Gasteiger partial charge on any atom is -0.390 e. The molecule has 0 aromatic carbocycles. The van der Waals surface area contributed by atoms with E-state index < -0.39 is 27.9 Å². The Hall–Kier alpha value is -1.19. The molecule has 33 heavy (non-hydrogen) atoms. The number of piperidine rings is 1. The van der Waals surface area contributed by atoms with Crippen LogP contribution in [0.3, 0.4) is 0 Å². The summed E-state index contributed by atoms with van der Waals surface area (Å²) in [5, 5.41) is 17.1. The van der Waals surface area contributed by atoms with Gasteiger partial charge in [-0.3, -0.25) is 14.5 Å². The highest BCUT2D eigenvalue weighted by Gasteiger charge is 2.42. The largest absolute Gasteiger partial charge is 0.390 e. The summed E-state index contributed by atoms with van der Waals surface area (Å²) in [4.78, 5) is 27.9. The van der Waals surface area contributed by atoms with Gasteiger partial charge in [-0.05, 0) is 58.3 Å². The van der Waals surface area contributed by atoms with Crippen LogP contribution < -0.4 is 10.6 Å². The Kier molecular flexibility index (Phi) is 8.49. The summed E-state index contributed by atoms with van der Waals surface area (Å²) in [6, 6.07) is -0.761. The van der Waals surface area contributed by atoms with E-state index in [9.17, 15) is 23.1 Å². The third-order valence-corrected chi connectivity index (χ3v) is 9.33. The highest BCUT2D eigenvalue weighted by Crippen LogP contribution is 2.39. The number of fused-ring (bicyclic) bond motifs is 1. The molecule has 8 nitrogen and oxygen atoms in total. The van der Waals surface area contributed by atoms with Crippen molar-refractivity contribution in [1.29, 1.82) is 0 Å². The van der Waals surface area contributed by atoms with Crippen molar-refractivity contribution in [2.75, 3.05) is 24.6 Å². The fourth-order valence-electron chi connectivity index (χ4n) is 5.77. The summed E-state index contributed by atoms with van der Waals surface area (Å²) in [6.45, 7) is 8.92. The standard InChI is InChI=1S/C24H43N3O5S/c1-5-19(25-22(29)18-10-11-33(31,32)15-18)21(28)14-27-13-17-9-7-6-8-16(17)12-20(27)23(30)26-24(2,3)4/h16-21,28H,5-15H2,1-4H3,(H,25,29)(H,26,30). The maximum absolute atomic E-state index is 13.2. The fraction of sp³-hybridized carbons (Fsp3) is 0.917. The van der Waals surface area contributed by atoms with E-state index >= 15 is 0 Å². The number of rotatable bonds is 7. The van der Waals surface area contributed by atoms with Gasteiger partial charge >= 0.3 is 0 Å². The molecule has 6 unspecified atom stereocenters. The average molecular weight is 486 g/mol. The lowest BCUT2D eigenvalue weighted by Crippen LogP contribution is -2.60. The van der Waals surface area contributed by atoms with Gasteiger partial charge < -0.3 is 15.7 Å². The summed E-state index contributed by atoms with van der Waals surface area (Å²) < 4.78 is 23.5. The van der Waals surface area contributed by atoms with Crippen LogP contribution in [-0.4, -0.2) is 78.6 Å². The smallest absolute Gasteiger partial charge is 0.237 e. The minimum atomic E-state index is -3.15. The molecule has 2 aliphatic heterocycles. The van der Waals surface area contributed by atoms with Gasteiger partial charge in [-0.2, -0.15) is 0 Å². The van der Waals surface area contributed by atoms with Crippen LogP contribution in [0.25, 0.3) is 0 Å². The van der Waals surface area contributed by atoms with E-state index in [-0.39, 0.29) is 34.9 Å². The van der Waals surface area contributed by atoms with E-state index in [1.54, 1.807) is 0 Å². The topological polar surface area (TPSA) is 116 Å². The van der Waals surface area contributed by atoms with Gasteiger partial charge in [-0.25, -0.2) is 8.42 Å². The molecule has 2 saturated heterocycles. The fourth-order valence-corrected chi connectivity index (χ4v) is 7.51. The van der Waals surface area contributed by atoms with Crippen molar-refractivity contribution in [3.63, 3.8) is 0 Å². The number of aliphatic hydroxyl groups excluding tert-OH is 1. The summed E-state index contributed by atoms with van der Waals surface area (Å²) in [6.07, 6.45) is 5.61. The van der Waals surface area contributed by atoms with Crippen LogP contribution in [0.1, 0.15) is 72.6 Å². The van der Waals surface area contributed by atoms with Crippen molar-refractivity contribution in [2.24, 2.45) is 17.8 Å². The predicted octanol–water partition coefficient (Wildman–Crippen LogP) is 1.47. The molecule has 2 amide bonds. The molecule has 0 radical (unpaired) electrons. The van der Waals surface area contributed by atoms with Gasteiger partial charge in [0.05, 0.1) is 35.6 Å². The van der Waals surface area contributed by atoms with Gasteiger partial charge in [0.2, 0.25) is 11.8 Å². The molecule has 6 atom stereocenters. The molecule has 3 rings (SSSR count). The molecule has 1 saturated carbocycles. The van der Waals surface area contributed by atoms with E-state index in [2.05, 4.69) is 15.5 Å². The first kappa shape index (κ1) is 26.4. The minimum absolute atomic E-state index is 0.00645. The Morgan fingerprint density at radius 1 is 1.09 bits per heavy atom. The molecule has 0 bridgehead atoms. The zero-order valence-corrected chi connectivity index (χ0v) is 21.5. The molecule has 190 valence electrons. The maximum Gasteiger partial charge on any atom is 0.237 e. The quantitative estimate of drug-likeness (QED) is 0.503. The number of nitrogens with zero attached hydrogens (tertiary/aromatic N) is 1. The number of likely N-dealkylation sites (tertiary alicyclic amines) is 1. The Morgan fingerprint density at radius 3 is 2.33 bits per heavy atom. The van der Waals surface area contributed by atoms with Crippen LogP contribution in [0.4, 0.5) is 0 Å². The monoisotopic (exact) mass is 485 g/mol. The molecule has 3 N–H and O–H groups in total. The molecule has 9 heteroatoms. The number of carbonyl (C=O) groups is 2. The molecular weight excluding hydrogens is 442 g/mol. The van der Waals surface area contributed by atoms with Crippen molar-refractivity contribution >= 4 is 21.7 Å². The summed E-state index contributed by atoms with van der Waals surface area (Å²) in [5.41, 5.74) is -0.327. The van der Waals surface area contributed by atoms with E-state index in [1.807, 2.05) is 27.7 Å². The highest BCUT2D eigenvalue weighted by molar-refractivity contribution is 7.91. The van der Waals surface area contributed by atoms with Crippen LogP contribution in [-0.2, 0) is 19.4 Å². The van der Waals surface area contributed by atoms with Gasteiger partial charge in [-0.1, -0.05) is 26.2 Å². The Labute approximate surface area is 199 Å². The zero-order chi connectivity index (χ0) is 24.4. The molecule has 2 heterocycles. The van der Waals surface area contributed by atoms with E-state index in [0.717, 1.165) is 25.8 Å². The van der Waals surface area contributed by atoms with E-state index in [1.165, 1.54) is 12.8 Å². The van der Waals surface area contributed by atoms with Crippen LogP contribution >= 0.6 is 0 Å². The van der Waals surface area contributed by atoms with Crippen LogP contribution in [0.5, 0.6) is 0 Å². The van der Waals surface area contributed by atoms with Gasteiger partial charge in [-0.15, -0.1) is 0 Å². The lowest BCUT2D eigenvalue weighted by molar-refractivity contribution is -0.133. The SMILES string of the molecule is CCC(NC(=O)C1CCS(=O)(=O)C1)C(O)CN1CC2CCCCC2CC1C(=O)NC(C)(C)C. The number of sulfone groups is 1. The normalized spacial score (nSPS) is 31.9. The molecule has 1 aliphatic carbocycles. The second kappa shape index (κ2) is 10.6. The number of β-amino-alcohol motifs (C(OH)–C–C–N with tert-alkyl or cyclic N) is 1. The molecule has 0 aromatic rings. The lowest BCUT2D eigenvalue weighted by atomic mass is 9.72. The van der Waals surface area contributed by atoms with Crippen molar-refractivity contribution in [3.05, 3.63) is 0 Å². The molecule has 3 fully saturated rings. The van der Waals surface area contributed by atoms with Crippen LogP contribution in [0, 0.1) is 17.8 Å². The summed E-state index contributed by atoms with van der Waals surface area (Å²) in [7, 11) is -3.15. The van der Waals surface area contributed by atoms with E-state index in [4.69, 9.17) is 0 Å². The second-order valence-electron chi connectivity index (χ2n) is 11.4.